The van der Waals surface area contributed by atoms with Gasteiger partial charge in [-0.2, -0.15) is 0 Å². The lowest BCUT2D eigenvalue weighted by Crippen LogP contribution is -2.40. The summed E-state index contributed by atoms with van der Waals surface area (Å²) in [5, 5.41) is 15.7. The highest BCUT2D eigenvalue weighted by atomic mass is 16.6. The van der Waals surface area contributed by atoms with Gasteiger partial charge in [-0.05, 0) is 31.9 Å². The summed E-state index contributed by atoms with van der Waals surface area (Å²) in [5.41, 5.74) is 2.13. The average molecular weight is 364 g/mol. The van der Waals surface area contributed by atoms with Crippen LogP contribution in [0.2, 0.25) is 0 Å². The van der Waals surface area contributed by atoms with Gasteiger partial charge in [0.2, 0.25) is 5.95 Å². The van der Waals surface area contributed by atoms with Gasteiger partial charge in [-0.15, -0.1) is 0 Å². The minimum absolute atomic E-state index is 0.0373. The lowest BCUT2D eigenvalue weighted by Gasteiger charge is -2.33. The highest BCUT2D eigenvalue weighted by molar-refractivity contribution is 5.96. The minimum Gasteiger partial charge on any atom is -0.382 e. The first-order valence-corrected chi connectivity index (χ1v) is 8.95. The predicted molar refractivity (Wildman–Crippen MR) is 104 cm³/mol. The first kappa shape index (κ1) is 17.1. The molecular weight excluding hydrogens is 344 g/mol. The maximum absolute atomic E-state index is 11.3. The van der Waals surface area contributed by atoms with Crippen LogP contribution in [0, 0.1) is 17.0 Å². The third-order valence-electron chi connectivity index (χ3n) is 4.83. The van der Waals surface area contributed by atoms with E-state index in [1.807, 2.05) is 25.1 Å². The van der Waals surface area contributed by atoms with Crippen LogP contribution >= 0.6 is 0 Å². The number of nitro groups is 1. The summed E-state index contributed by atoms with van der Waals surface area (Å²) >= 11 is 0. The van der Waals surface area contributed by atoms with Gasteiger partial charge in [0.05, 0.1) is 4.92 Å². The number of rotatable bonds is 4. The van der Waals surface area contributed by atoms with Crippen LogP contribution in [0.15, 0.2) is 42.7 Å². The van der Waals surface area contributed by atoms with Crippen molar-refractivity contribution in [2.24, 2.45) is 0 Å². The number of nitrogens with one attached hydrogen (secondary N) is 1. The largest absolute Gasteiger partial charge is 0.382 e. The average Bonchev–Trinajstić information content (AvgIpc) is 2.68. The van der Waals surface area contributed by atoms with Crippen molar-refractivity contribution in [1.82, 2.24) is 15.0 Å². The van der Waals surface area contributed by atoms with E-state index in [4.69, 9.17) is 0 Å². The Labute approximate surface area is 156 Å². The van der Waals surface area contributed by atoms with Crippen LogP contribution in [0.5, 0.6) is 0 Å². The van der Waals surface area contributed by atoms with Gasteiger partial charge < -0.3 is 10.2 Å². The molecule has 1 saturated heterocycles. The Morgan fingerprint density at radius 2 is 1.93 bits per heavy atom. The van der Waals surface area contributed by atoms with Crippen LogP contribution in [0.4, 0.5) is 17.3 Å². The first-order valence-electron chi connectivity index (χ1n) is 8.95. The Balaban J connectivity index is 1.54. The topological polar surface area (TPSA) is 97.1 Å². The van der Waals surface area contributed by atoms with Crippen LogP contribution in [0.25, 0.3) is 10.9 Å². The molecule has 0 radical (unpaired) electrons. The number of benzene rings is 1. The normalized spacial score (nSPS) is 15.1. The molecule has 138 valence electrons. The van der Waals surface area contributed by atoms with Gasteiger partial charge in [-0.25, -0.2) is 15.0 Å². The van der Waals surface area contributed by atoms with Crippen molar-refractivity contribution in [3.05, 3.63) is 58.5 Å². The summed E-state index contributed by atoms with van der Waals surface area (Å²) in [6, 6.07) is 9.14. The lowest BCUT2D eigenvalue weighted by atomic mass is 10.0. The third kappa shape index (κ3) is 3.51. The molecule has 1 aliphatic heterocycles. The maximum atomic E-state index is 11.3. The van der Waals surface area contributed by atoms with E-state index >= 15 is 0 Å². The number of non-ortho nitro benzene ring substituents is 1. The van der Waals surface area contributed by atoms with Crippen molar-refractivity contribution in [2.75, 3.05) is 23.3 Å². The predicted octanol–water partition coefficient (Wildman–Crippen LogP) is 3.32. The van der Waals surface area contributed by atoms with Crippen LogP contribution in [0.3, 0.4) is 0 Å². The van der Waals surface area contributed by atoms with E-state index < -0.39 is 0 Å². The van der Waals surface area contributed by atoms with Crippen molar-refractivity contribution in [2.45, 2.75) is 25.8 Å². The van der Waals surface area contributed by atoms with Crippen molar-refractivity contribution >= 4 is 28.2 Å². The second kappa shape index (κ2) is 7.14. The number of aromatic nitrogens is 3. The second-order valence-electron chi connectivity index (χ2n) is 6.70. The van der Waals surface area contributed by atoms with Gasteiger partial charge in [0.25, 0.3) is 5.69 Å². The fourth-order valence-electron chi connectivity index (χ4n) is 3.53. The molecule has 1 fully saturated rings. The van der Waals surface area contributed by atoms with Gasteiger partial charge in [-0.3, -0.25) is 10.1 Å². The van der Waals surface area contributed by atoms with Crippen LogP contribution in [-0.2, 0) is 0 Å². The summed E-state index contributed by atoms with van der Waals surface area (Å²) in [5.74, 6) is 0.761. The molecule has 1 aliphatic rings. The molecule has 8 heteroatoms. The summed E-state index contributed by atoms with van der Waals surface area (Å²) in [7, 11) is 0. The van der Waals surface area contributed by atoms with Crippen molar-refractivity contribution in [3.63, 3.8) is 0 Å². The zero-order valence-electron chi connectivity index (χ0n) is 15.0. The molecule has 0 atom stereocenters. The highest BCUT2D eigenvalue weighted by Crippen LogP contribution is 2.31. The number of hydrogen-bond acceptors (Lipinski definition) is 7. The molecule has 8 nitrogen and oxygen atoms in total. The number of piperidine rings is 1. The van der Waals surface area contributed by atoms with E-state index in [1.165, 1.54) is 6.07 Å². The molecule has 0 aliphatic carbocycles. The number of aryl methyl sites for hydroxylation is 1. The minimum atomic E-state index is -0.378. The molecule has 0 bridgehead atoms. The molecule has 3 heterocycles. The zero-order valence-corrected chi connectivity index (χ0v) is 15.0. The zero-order chi connectivity index (χ0) is 18.8. The SMILES string of the molecule is Cc1cc(NC2CCN(c3ncccn3)CC2)c2cccc([N+](=O)[O-])c2n1. The Bertz CT molecular complexity index is 971. The number of anilines is 2. The summed E-state index contributed by atoms with van der Waals surface area (Å²) in [4.78, 5) is 26.1. The van der Waals surface area contributed by atoms with Crippen LogP contribution in [-0.4, -0.2) is 39.0 Å². The number of nitro benzene ring substituents is 1. The fourth-order valence-corrected chi connectivity index (χ4v) is 3.53. The quantitative estimate of drug-likeness (QED) is 0.560. The molecule has 0 unspecified atom stereocenters. The van der Waals surface area contributed by atoms with E-state index in [2.05, 4.69) is 25.2 Å². The molecule has 3 aromatic rings. The first-order chi connectivity index (χ1) is 13.1. The van der Waals surface area contributed by atoms with E-state index in [9.17, 15) is 10.1 Å². The van der Waals surface area contributed by atoms with E-state index in [1.54, 1.807) is 18.5 Å². The van der Waals surface area contributed by atoms with Gasteiger partial charge in [-0.1, -0.05) is 12.1 Å². The molecule has 0 saturated carbocycles. The Morgan fingerprint density at radius 3 is 2.63 bits per heavy atom. The number of nitrogens with zero attached hydrogens (tertiary/aromatic N) is 5. The molecule has 27 heavy (non-hydrogen) atoms. The number of pyridine rings is 1. The standard InChI is InChI=1S/C19H20N6O2/c1-13-12-16(15-4-2-5-17(25(26)27)18(15)22-13)23-14-6-10-24(11-7-14)19-20-8-3-9-21-19/h2-5,8-9,12,14H,6-7,10-11H2,1H3,(H,22,23). The van der Waals surface area contributed by atoms with Crippen LogP contribution in [0.1, 0.15) is 18.5 Å². The molecule has 1 aromatic carbocycles. The van der Waals surface area contributed by atoms with Gasteiger partial charge in [0, 0.05) is 54.4 Å². The number of fused-ring (bicyclic) bond motifs is 1. The third-order valence-corrected chi connectivity index (χ3v) is 4.83. The Morgan fingerprint density at radius 1 is 1.19 bits per heavy atom. The lowest BCUT2D eigenvalue weighted by molar-refractivity contribution is -0.383. The summed E-state index contributed by atoms with van der Waals surface area (Å²) < 4.78 is 0. The molecule has 4 rings (SSSR count). The molecule has 0 amide bonds. The van der Waals surface area contributed by atoms with Crippen molar-refractivity contribution < 1.29 is 4.92 Å². The Hall–Kier alpha value is -3.29. The molecule has 1 N–H and O–H groups in total. The number of hydrogen-bond donors (Lipinski definition) is 1. The highest BCUT2D eigenvalue weighted by Gasteiger charge is 2.22. The van der Waals surface area contributed by atoms with Crippen molar-refractivity contribution in [3.8, 4) is 0 Å². The van der Waals surface area contributed by atoms with E-state index in [-0.39, 0.29) is 16.7 Å². The van der Waals surface area contributed by atoms with Gasteiger partial charge in [0.1, 0.15) is 0 Å². The van der Waals surface area contributed by atoms with E-state index in [0.29, 0.717) is 5.52 Å². The van der Waals surface area contributed by atoms with Gasteiger partial charge in [0.15, 0.2) is 5.52 Å². The van der Waals surface area contributed by atoms with Crippen molar-refractivity contribution in [1.29, 1.82) is 0 Å². The monoisotopic (exact) mass is 364 g/mol. The Kier molecular flexibility index (Phi) is 4.53. The smallest absolute Gasteiger partial charge is 0.295 e. The molecule has 0 spiro atoms. The molecular formula is C19H20N6O2. The molecule has 2 aromatic heterocycles. The summed E-state index contributed by atoms with van der Waals surface area (Å²) in [6.45, 7) is 3.59. The maximum Gasteiger partial charge on any atom is 0.295 e. The fraction of sp³-hybridized carbons (Fsp3) is 0.316. The van der Waals surface area contributed by atoms with Gasteiger partial charge >= 0.3 is 0 Å². The summed E-state index contributed by atoms with van der Waals surface area (Å²) in [6.07, 6.45) is 5.39. The second-order valence-corrected chi connectivity index (χ2v) is 6.70. The number of para-hydroxylation sites is 1. The van der Waals surface area contributed by atoms with Crippen LogP contribution < -0.4 is 10.2 Å². The van der Waals surface area contributed by atoms with E-state index in [0.717, 1.165) is 48.6 Å².